The summed E-state index contributed by atoms with van der Waals surface area (Å²) in [6.45, 7) is 2.23. The monoisotopic (exact) mass is 485 g/mol. The summed E-state index contributed by atoms with van der Waals surface area (Å²) in [6, 6.07) is 21.3. The lowest BCUT2D eigenvalue weighted by Crippen LogP contribution is -2.22. The van der Waals surface area contributed by atoms with Crippen molar-refractivity contribution < 1.29 is 14.4 Å². The third kappa shape index (κ3) is 5.53. The number of hydrogen-bond donors (Lipinski definition) is 4. The van der Waals surface area contributed by atoms with Crippen molar-refractivity contribution in [1.29, 1.82) is 0 Å². The van der Waals surface area contributed by atoms with Gasteiger partial charge < -0.3 is 22.1 Å². The van der Waals surface area contributed by atoms with Crippen molar-refractivity contribution in [3.8, 4) is 11.3 Å². The minimum Gasteiger partial charge on any atom is -0.366 e. The molecule has 1 heterocycles. The second-order valence-electron chi connectivity index (χ2n) is 7.83. The van der Waals surface area contributed by atoms with E-state index in [4.69, 9.17) is 11.5 Å². The Morgan fingerprint density at radius 3 is 2.31 bits per heavy atom. The van der Waals surface area contributed by atoms with Crippen molar-refractivity contribution in [2.45, 2.75) is 13.5 Å². The molecule has 35 heavy (non-hydrogen) atoms. The molecular weight excluding hydrogens is 462 g/mol. The molecule has 0 fully saturated rings. The Labute approximate surface area is 206 Å². The molecule has 3 aromatic carbocycles. The topological polar surface area (TPSA) is 140 Å². The van der Waals surface area contributed by atoms with Gasteiger partial charge in [-0.15, -0.1) is 0 Å². The number of anilines is 2. The van der Waals surface area contributed by atoms with Gasteiger partial charge in [0.25, 0.3) is 5.91 Å². The number of carbonyl (C=O) groups excluding carboxylic acids is 3. The first-order valence-electron chi connectivity index (χ1n) is 10.7. The number of rotatable bonds is 8. The first kappa shape index (κ1) is 23.7. The third-order valence-corrected chi connectivity index (χ3v) is 6.28. The van der Waals surface area contributed by atoms with E-state index in [0.29, 0.717) is 44.6 Å². The summed E-state index contributed by atoms with van der Waals surface area (Å²) in [5.74, 6) is -1.42. The van der Waals surface area contributed by atoms with Crippen molar-refractivity contribution in [2.24, 2.45) is 11.5 Å². The van der Waals surface area contributed by atoms with Crippen LogP contribution in [0.1, 0.15) is 41.5 Å². The predicted octanol–water partition coefficient (Wildman–Crippen LogP) is 3.99. The number of amides is 3. The van der Waals surface area contributed by atoms with Crippen molar-refractivity contribution in [2.75, 3.05) is 5.32 Å². The van der Waals surface area contributed by atoms with Crippen LogP contribution in [0.3, 0.4) is 0 Å². The Bertz CT molecular complexity index is 1420. The van der Waals surface area contributed by atoms with Crippen LogP contribution in [0.2, 0.25) is 0 Å². The number of nitrogens with two attached hydrogens (primary N) is 2. The molecule has 0 spiro atoms. The fourth-order valence-corrected chi connectivity index (χ4v) is 4.34. The fraction of sp³-hybridized carbons (Fsp3) is 0.0769. The molecule has 0 saturated carbocycles. The number of primary amides is 2. The van der Waals surface area contributed by atoms with Crippen LogP contribution in [0.5, 0.6) is 0 Å². The maximum atomic E-state index is 13.2. The van der Waals surface area contributed by atoms with Crippen LogP contribution in [0.4, 0.5) is 10.8 Å². The zero-order chi connectivity index (χ0) is 24.9. The minimum atomic E-state index is -0.575. The second-order valence-corrected chi connectivity index (χ2v) is 8.83. The summed E-state index contributed by atoms with van der Waals surface area (Å²) >= 11 is 1.16. The molecule has 0 unspecified atom stereocenters. The van der Waals surface area contributed by atoms with E-state index in [1.165, 1.54) is 0 Å². The van der Waals surface area contributed by atoms with Gasteiger partial charge in [-0.25, -0.2) is 4.98 Å². The standard InChI is InChI=1S/C26H23N5O3S/c1-15-10-11-19(24(28)33)13-20(15)30-26-31-21(17-8-5-9-18(12-17)23(27)32)22(35-26)25(34)29-14-16-6-3-2-4-7-16/h2-13H,14H2,1H3,(H2,27,32)(H2,28,33)(H,29,34)(H,30,31). The highest BCUT2D eigenvalue weighted by molar-refractivity contribution is 7.18. The highest BCUT2D eigenvalue weighted by Crippen LogP contribution is 2.34. The summed E-state index contributed by atoms with van der Waals surface area (Å²) in [4.78, 5) is 41.5. The summed E-state index contributed by atoms with van der Waals surface area (Å²) in [6.07, 6.45) is 0. The average molecular weight is 486 g/mol. The molecule has 0 radical (unpaired) electrons. The quantitative estimate of drug-likeness (QED) is 0.299. The molecule has 6 N–H and O–H groups in total. The largest absolute Gasteiger partial charge is 0.366 e. The van der Waals surface area contributed by atoms with E-state index in [1.807, 2.05) is 37.3 Å². The predicted molar refractivity (Wildman–Crippen MR) is 137 cm³/mol. The van der Waals surface area contributed by atoms with Gasteiger partial charge in [0.15, 0.2) is 5.13 Å². The molecule has 0 aliphatic carbocycles. The number of nitrogens with zero attached hydrogens (tertiary/aromatic N) is 1. The van der Waals surface area contributed by atoms with Gasteiger partial charge in [0.05, 0.1) is 5.69 Å². The molecule has 9 heteroatoms. The smallest absolute Gasteiger partial charge is 0.264 e. The molecule has 0 aliphatic rings. The lowest BCUT2D eigenvalue weighted by Gasteiger charge is -2.08. The van der Waals surface area contributed by atoms with Crippen molar-refractivity contribution in [3.05, 3.63) is 99.9 Å². The normalized spacial score (nSPS) is 10.5. The van der Waals surface area contributed by atoms with Gasteiger partial charge in [0, 0.05) is 28.9 Å². The van der Waals surface area contributed by atoms with Gasteiger partial charge in [0.1, 0.15) is 4.88 Å². The maximum absolute atomic E-state index is 13.2. The summed E-state index contributed by atoms with van der Waals surface area (Å²) in [7, 11) is 0. The maximum Gasteiger partial charge on any atom is 0.264 e. The molecule has 1 aromatic heterocycles. The van der Waals surface area contributed by atoms with Gasteiger partial charge in [-0.3, -0.25) is 14.4 Å². The second kappa shape index (κ2) is 10.2. The van der Waals surface area contributed by atoms with Crippen LogP contribution in [0, 0.1) is 6.92 Å². The number of carbonyl (C=O) groups is 3. The van der Waals surface area contributed by atoms with Crippen LogP contribution < -0.4 is 22.1 Å². The van der Waals surface area contributed by atoms with Crippen molar-refractivity contribution in [1.82, 2.24) is 10.3 Å². The molecular formula is C26H23N5O3S. The fourth-order valence-electron chi connectivity index (χ4n) is 3.43. The van der Waals surface area contributed by atoms with E-state index in [1.54, 1.807) is 42.5 Å². The zero-order valence-electron chi connectivity index (χ0n) is 18.9. The number of benzene rings is 3. The zero-order valence-corrected chi connectivity index (χ0v) is 19.7. The molecule has 8 nitrogen and oxygen atoms in total. The van der Waals surface area contributed by atoms with E-state index in [0.717, 1.165) is 22.5 Å². The molecule has 0 aliphatic heterocycles. The summed E-state index contributed by atoms with van der Waals surface area (Å²) in [5, 5.41) is 6.56. The molecule has 0 bridgehead atoms. The van der Waals surface area contributed by atoms with Gasteiger partial charge in [-0.05, 0) is 42.3 Å². The number of hydrogen-bond acceptors (Lipinski definition) is 6. The Kier molecular flexibility index (Phi) is 6.88. The minimum absolute atomic E-state index is 0.304. The van der Waals surface area contributed by atoms with Crippen LogP contribution >= 0.6 is 11.3 Å². The lowest BCUT2D eigenvalue weighted by molar-refractivity contribution is 0.0953. The van der Waals surface area contributed by atoms with E-state index >= 15 is 0 Å². The molecule has 0 saturated heterocycles. The number of thiazole rings is 1. The highest BCUT2D eigenvalue weighted by Gasteiger charge is 2.21. The van der Waals surface area contributed by atoms with Crippen molar-refractivity contribution >= 4 is 39.9 Å². The number of aryl methyl sites for hydroxylation is 1. The van der Waals surface area contributed by atoms with Crippen LogP contribution in [0.15, 0.2) is 72.8 Å². The van der Waals surface area contributed by atoms with Gasteiger partial charge >= 0.3 is 0 Å². The first-order chi connectivity index (χ1) is 16.8. The Hall–Kier alpha value is -4.50. The van der Waals surface area contributed by atoms with E-state index in [9.17, 15) is 14.4 Å². The molecule has 4 aromatic rings. The number of nitrogens with one attached hydrogen (secondary N) is 2. The molecule has 3 amide bonds. The molecule has 176 valence electrons. The van der Waals surface area contributed by atoms with Gasteiger partial charge in [0.2, 0.25) is 11.8 Å². The first-order valence-corrected chi connectivity index (χ1v) is 11.5. The number of aromatic nitrogens is 1. The van der Waals surface area contributed by atoms with Crippen LogP contribution in [-0.4, -0.2) is 22.7 Å². The Morgan fingerprint density at radius 2 is 1.60 bits per heavy atom. The van der Waals surface area contributed by atoms with Gasteiger partial charge in [-0.1, -0.05) is 59.9 Å². The lowest BCUT2D eigenvalue weighted by atomic mass is 10.1. The summed E-state index contributed by atoms with van der Waals surface area (Å²) < 4.78 is 0. The van der Waals surface area contributed by atoms with E-state index in [2.05, 4.69) is 15.6 Å². The van der Waals surface area contributed by atoms with Gasteiger partial charge in [-0.2, -0.15) is 0 Å². The van der Waals surface area contributed by atoms with Crippen LogP contribution in [0.25, 0.3) is 11.3 Å². The van der Waals surface area contributed by atoms with Crippen LogP contribution in [-0.2, 0) is 6.54 Å². The van der Waals surface area contributed by atoms with Crippen molar-refractivity contribution in [3.63, 3.8) is 0 Å². The summed E-state index contributed by atoms with van der Waals surface area (Å²) in [5.41, 5.74) is 15.0. The highest BCUT2D eigenvalue weighted by atomic mass is 32.1. The SMILES string of the molecule is Cc1ccc(C(N)=O)cc1Nc1nc(-c2cccc(C(N)=O)c2)c(C(=O)NCc2ccccc2)s1. The molecule has 0 atom stereocenters. The Balaban J connectivity index is 1.71. The van der Waals surface area contributed by atoms with E-state index in [-0.39, 0.29) is 5.91 Å². The third-order valence-electron chi connectivity index (χ3n) is 5.31. The average Bonchev–Trinajstić information content (AvgIpc) is 3.28. The Morgan fingerprint density at radius 1 is 0.886 bits per heavy atom. The molecule has 4 rings (SSSR count). The van der Waals surface area contributed by atoms with E-state index < -0.39 is 11.8 Å².